The molecule has 3 rings (SSSR count). The summed E-state index contributed by atoms with van der Waals surface area (Å²) >= 11 is 0. The monoisotopic (exact) mass is 337 g/mol. The van der Waals surface area contributed by atoms with Crippen LogP contribution in [0.1, 0.15) is 68.3 Å². The van der Waals surface area contributed by atoms with Crippen LogP contribution in [-0.4, -0.2) is 16.4 Å². The molecule has 2 N–H and O–H groups in total. The van der Waals surface area contributed by atoms with Crippen molar-refractivity contribution in [2.75, 3.05) is 10.6 Å². The second-order valence-electron chi connectivity index (χ2n) is 7.83. The maximum absolute atomic E-state index is 12.7. The number of aromatic nitrogens is 1. The molecule has 1 amide bonds. The quantitative estimate of drug-likeness (QED) is 0.806. The third-order valence-corrected chi connectivity index (χ3v) is 4.54. The van der Waals surface area contributed by atoms with Crippen molar-refractivity contribution in [3.8, 4) is 0 Å². The van der Waals surface area contributed by atoms with Crippen LogP contribution in [0.4, 0.5) is 11.5 Å². The number of amides is 1. The molecule has 0 bridgehead atoms. The second kappa shape index (κ2) is 7.26. The van der Waals surface area contributed by atoms with Gasteiger partial charge in [0.15, 0.2) is 0 Å². The first-order valence-electron chi connectivity index (χ1n) is 9.07. The van der Waals surface area contributed by atoms with Crippen LogP contribution in [0.15, 0.2) is 42.6 Å². The Bertz CT molecular complexity index is 726. The Morgan fingerprint density at radius 3 is 2.40 bits per heavy atom. The minimum Gasteiger partial charge on any atom is -0.365 e. The molecule has 1 saturated carbocycles. The molecule has 4 nitrogen and oxygen atoms in total. The lowest BCUT2D eigenvalue weighted by atomic mass is 9.97. The van der Waals surface area contributed by atoms with Crippen molar-refractivity contribution in [1.82, 2.24) is 4.98 Å². The SMILES string of the molecule is CC(C)(C)Nc1ncccc1C(=O)Nc1ccc(C2CCCC2)cc1. The molecular formula is C21H27N3O. The van der Waals surface area contributed by atoms with Gasteiger partial charge in [-0.1, -0.05) is 25.0 Å². The van der Waals surface area contributed by atoms with Crippen molar-refractivity contribution in [2.45, 2.75) is 57.9 Å². The zero-order valence-electron chi connectivity index (χ0n) is 15.3. The molecule has 132 valence electrons. The van der Waals surface area contributed by atoms with Crippen molar-refractivity contribution < 1.29 is 4.79 Å². The molecule has 25 heavy (non-hydrogen) atoms. The molecule has 0 aliphatic heterocycles. The number of carbonyl (C=O) groups is 1. The number of hydrogen-bond acceptors (Lipinski definition) is 3. The first-order chi connectivity index (χ1) is 11.9. The van der Waals surface area contributed by atoms with Gasteiger partial charge in [-0.05, 0) is 69.4 Å². The third-order valence-electron chi connectivity index (χ3n) is 4.54. The fourth-order valence-corrected chi connectivity index (χ4v) is 3.34. The van der Waals surface area contributed by atoms with E-state index in [4.69, 9.17) is 0 Å². The molecule has 0 atom stereocenters. The van der Waals surface area contributed by atoms with E-state index in [-0.39, 0.29) is 11.4 Å². The summed E-state index contributed by atoms with van der Waals surface area (Å²) < 4.78 is 0. The summed E-state index contributed by atoms with van der Waals surface area (Å²) in [5.74, 6) is 1.15. The molecular weight excluding hydrogens is 310 g/mol. The maximum Gasteiger partial charge on any atom is 0.259 e. The molecule has 1 heterocycles. The average molecular weight is 337 g/mol. The van der Waals surface area contributed by atoms with Gasteiger partial charge in [-0.25, -0.2) is 4.98 Å². The van der Waals surface area contributed by atoms with Gasteiger partial charge in [-0.2, -0.15) is 0 Å². The number of rotatable bonds is 4. The lowest BCUT2D eigenvalue weighted by Gasteiger charge is -2.22. The van der Waals surface area contributed by atoms with Gasteiger partial charge < -0.3 is 10.6 Å². The van der Waals surface area contributed by atoms with Crippen molar-refractivity contribution in [1.29, 1.82) is 0 Å². The molecule has 1 aromatic heterocycles. The van der Waals surface area contributed by atoms with Crippen LogP contribution in [-0.2, 0) is 0 Å². The number of nitrogens with one attached hydrogen (secondary N) is 2. The van der Waals surface area contributed by atoms with Gasteiger partial charge in [0.05, 0.1) is 5.56 Å². The first kappa shape index (κ1) is 17.5. The minimum absolute atomic E-state index is 0.145. The fraction of sp³-hybridized carbons (Fsp3) is 0.429. The number of anilines is 2. The largest absolute Gasteiger partial charge is 0.365 e. The number of pyridine rings is 1. The molecule has 1 aliphatic rings. The zero-order chi connectivity index (χ0) is 17.9. The topological polar surface area (TPSA) is 54.0 Å². The summed E-state index contributed by atoms with van der Waals surface area (Å²) in [5, 5.41) is 6.27. The fourth-order valence-electron chi connectivity index (χ4n) is 3.34. The van der Waals surface area contributed by atoms with E-state index in [1.807, 2.05) is 32.9 Å². The Morgan fingerprint density at radius 2 is 1.76 bits per heavy atom. The van der Waals surface area contributed by atoms with E-state index < -0.39 is 0 Å². The third kappa shape index (κ3) is 4.59. The van der Waals surface area contributed by atoms with Gasteiger partial charge in [-0.15, -0.1) is 0 Å². The number of carbonyl (C=O) groups excluding carboxylic acids is 1. The number of nitrogens with zero attached hydrogens (tertiary/aromatic N) is 1. The van der Waals surface area contributed by atoms with Gasteiger partial charge in [0.25, 0.3) is 5.91 Å². The van der Waals surface area contributed by atoms with Crippen LogP contribution < -0.4 is 10.6 Å². The van der Waals surface area contributed by atoms with Crippen LogP contribution in [0.3, 0.4) is 0 Å². The minimum atomic E-state index is -0.160. The van der Waals surface area contributed by atoms with E-state index in [0.29, 0.717) is 17.3 Å². The predicted molar refractivity (Wildman–Crippen MR) is 103 cm³/mol. The van der Waals surface area contributed by atoms with E-state index in [1.165, 1.54) is 31.2 Å². The standard InChI is InChI=1S/C21H27N3O/c1-21(2,3)24-19-18(9-6-14-22-19)20(25)23-17-12-10-16(11-13-17)15-7-4-5-8-15/h6,9-15H,4-5,7-8H2,1-3H3,(H,22,24)(H,23,25). The average Bonchev–Trinajstić information content (AvgIpc) is 3.09. The van der Waals surface area contributed by atoms with Gasteiger partial charge >= 0.3 is 0 Å². The molecule has 1 aromatic carbocycles. The van der Waals surface area contributed by atoms with Gasteiger partial charge in [0, 0.05) is 17.4 Å². The highest BCUT2D eigenvalue weighted by Gasteiger charge is 2.19. The lowest BCUT2D eigenvalue weighted by Crippen LogP contribution is -2.28. The van der Waals surface area contributed by atoms with E-state index in [9.17, 15) is 4.79 Å². The van der Waals surface area contributed by atoms with Crippen LogP contribution in [0.25, 0.3) is 0 Å². The van der Waals surface area contributed by atoms with Crippen molar-refractivity contribution >= 4 is 17.4 Å². The van der Waals surface area contributed by atoms with E-state index in [1.54, 1.807) is 18.3 Å². The highest BCUT2D eigenvalue weighted by atomic mass is 16.1. The molecule has 1 aliphatic carbocycles. The normalized spacial score (nSPS) is 15.2. The molecule has 0 saturated heterocycles. The van der Waals surface area contributed by atoms with Gasteiger partial charge in [0.1, 0.15) is 5.82 Å². The highest BCUT2D eigenvalue weighted by molar-refractivity contribution is 6.07. The van der Waals surface area contributed by atoms with Crippen molar-refractivity contribution in [3.63, 3.8) is 0 Å². The smallest absolute Gasteiger partial charge is 0.259 e. The Kier molecular flexibility index (Phi) is 5.07. The second-order valence-corrected chi connectivity index (χ2v) is 7.83. The first-order valence-corrected chi connectivity index (χ1v) is 9.07. The molecule has 2 aromatic rings. The van der Waals surface area contributed by atoms with E-state index in [0.717, 1.165) is 5.69 Å². The number of benzene rings is 1. The van der Waals surface area contributed by atoms with Crippen molar-refractivity contribution in [3.05, 3.63) is 53.7 Å². The van der Waals surface area contributed by atoms with Crippen LogP contribution in [0, 0.1) is 0 Å². The molecule has 0 unspecified atom stereocenters. The summed E-state index contributed by atoms with van der Waals surface area (Å²) in [6.45, 7) is 6.14. The van der Waals surface area contributed by atoms with E-state index >= 15 is 0 Å². The van der Waals surface area contributed by atoms with E-state index in [2.05, 4.69) is 27.8 Å². The van der Waals surface area contributed by atoms with Crippen LogP contribution in [0.5, 0.6) is 0 Å². The van der Waals surface area contributed by atoms with Crippen LogP contribution >= 0.6 is 0 Å². The summed E-state index contributed by atoms with van der Waals surface area (Å²) in [4.78, 5) is 17.0. The summed E-state index contributed by atoms with van der Waals surface area (Å²) in [7, 11) is 0. The Balaban J connectivity index is 1.72. The van der Waals surface area contributed by atoms with Crippen LogP contribution in [0.2, 0.25) is 0 Å². The van der Waals surface area contributed by atoms with Gasteiger partial charge in [0.2, 0.25) is 0 Å². The summed E-state index contributed by atoms with van der Waals surface area (Å²) in [5.41, 5.74) is 2.59. The number of hydrogen-bond donors (Lipinski definition) is 2. The van der Waals surface area contributed by atoms with Gasteiger partial charge in [-0.3, -0.25) is 4.79 Å². The molecule has 0 radical (unpaired) electrons. The predicted octanol–water partition coefficient (Wildman–Crippen LogP) is 5.20. The molecule has 0 spiro atoms. The maximum atomic E-state index is 12.7. The Morgan fingerprint density at radius 1 is 1.08 bits per heavy atom. The molecule has 4 heteroatoms. The molecule has 1 fully saturated rings. The Labute approximate surface area is 150 Å². The highest BCUT2D eigenvalue weighted by Crippen LogP contribution is 2.34. The summed E-state index contributed by atoms with van der Waals surface area (Å²) in [6, 6.07) is 11.9. The zero-order valence-corrected chi connectivity index (χ0v) is 15.3. The summed E-state index contributed by atoms with van der Waals surface area (Å²) in [6.07, 6.45) is 6.91. The van der Waals surface area contributed by atoms with Crippen molar-refractivity contribution in [2.24, 2.45) is 0 Å². The Hall–Kier alpha value is -2.36. The lowest BCUT2D eigenvalue weighted by molar-refractivity contribution is 0.102.